The van der Waals surface area contributed by atoms with Gasteiger partial charge in [0, 0.05) is 25.2 Å². The predicted molar refractivity (Wildman–Crippen MR) is 78.0 cm³/mol. The molecule has 9 heteroatoms. The van der Waals surface area contributed by atoms with E-state index in [9.17, 15) is 27.6 Å². The van der Waals surface area contributed by atoms with Crippen LogP contribution in [0, 0.1) is 5.92 Å². The number of hydrogen-bond acceptors (Lipinski definition) is 5. The van der Waals surface area contributed by atoms with Crippen molar-refractivity contribution in [2.45, 2.75) is 25.4 Å². The summed E-state index contributed by atoms with van der Waals surface area (Å²) >= 11 is 0. The largest absolute Gasteiger partial charge is 0.420 e. The van der Waals surface area contributed by atoms with Gasteiger partial charge in [-0.2, -0.15) is 18.3 Å². The number of Topliss-reactive ketones (excluding diaryl/α,β-unsaturated/α-hetero) is 3. The fourth-order valence-corrected chi connectivity index (χ4v) is 2.72. The molecular formula is C16H12F3N3O3. The second-order valence-electron chi connectivity index (χ2n) is 5.60. The number of ketones is 3. The zero-order chi connectivity index (χ0) is 18.2. The third kappa shape index (κ3) is 3.21. The van der Waals surface area contributed by atoms with Crippen LogP contribution in [0.2, 0.25) is 0 Å². The third-order valence-electron chi connectivity index (χ3n) is 3.91. The van der Waals surface area contributed by atoms with Gasteiger partial charge in [0.15, 0.2) is 23.2 Å². The number of nitrogens with zero attached hydrogens (tertiary/aromatic N) is 3. The summed E-state index contributed by atoms with van der Waals surface area (Å²) in [6.45, 7) is 0. The smallest absolute Gasteiger partial charge is 0.298 e. The maximum atomic E-state index is 13.2. The van der Waals surface area contributed by atoms with Gasteiger partial charge in [0.1, 0.15) is 17.2 Å². The van der Waals surface area contributed by atoms with Crippen LogP contribution in [-0.4, -0.2) is 32.1 Å². The first-order chi connectivity index (χ1) is 11.8. The normalized spacial score (nSPS) is 16.3. The van der Waals surface area contributed by atoms with E-state index in [2.05, 4.69) is 10.1 Å². The molecule has 0 radical (unpaired) electrons. The van der Waals surface area contributed by atoms with Crippen LogP contribution in [0.25, 0.3) is 5.82 Å². The second kappa shape index (κ2) is 6.23. The molecule has 0 bridgehead atoms. The van der Waals surface area contributed by atoms with Gasteiger partial charge in [-0.1, -0.05) is 0 Å². The Bertz CT molecular complexity index is 828. The molecule has 1 fully saturated rings. The molecule has 25 heavy (non-hydrogen) atoms. The maximum absolute atomic E-state index is 13.2. The van der Waals surface area contributed by atoms with E-state index in [0.29, 0.717) is 12.5 Å². The number of pyridine rings is 1. The Morgan fingerprint density at radius 3 is 2.40 bits per heavy atom. The Balaban J connectivity index is 2.06. The summed E-state index contributed by atoms with van der Waals surface area (Å²) in [5, 5.41) is 3.71. The van der Waals surface area contributed by atoms with Crippen LogP contribution in [0.3, 0.4) is 0 Å². The van der Waals surface area contributed by atoms with Gasteiger partial charge < -0.3 is 0 Å². The SMILES string of the molecule is O=C1CCCC(=O)C1C(=O)c1ccc(C(F)(F)F)c(-n2cccn2)n1. The first-order valence-corrected chi connectivity index (χ1v) is 7.47. The average Bonchev–Trinajstić information content (AvgIpc) is 3.07. The number of alkyl halides is 3. The quantitative estimate of drug-likeness (QED) is 0.626. The second-order valence-corrected chi connectivity index (χ2v) is 5.60. The average molecular weight is 351 g/mol. The lowest BCUT2D eigenvalue weighted by Gasteiger charge is -2.19. The van der Waals surface area contributed by atoms with Crippen LogP contribution in [-0.2, 0) is 15.8 Å². The van der Waals surface area contributed by atoms with Crippen LogP contribution in [0.5, 0.6) is 0 Å². The van der Waals surface area contributed by atoms with Crippen LogP contribution in [0.1, 0.15) is 35.3 Å². The van der Waals surface area contributed by atoms with E-state index in [1.54, 1.807) is 0 Å². The van der Waals surface area contributed by atoms with Crippen molar-refractivity contribution in [3.63, 3.8) is 0 Å². The van der Waals surface area contributed by atoms with Crippen molar-refractivity contribution in [1.29, 1.82) is 0 Å². The minimum absolute atomic E-state index is 0.0921. The molecule has 2 aromatic heterocycles. The van der Waals surface area contributed by atoms with Crippen molar-refractivity contribution in [3.8, 4) is 5.82 Å². The van der Waals surface area contributed by atoms with Crippen molar-refractivity contribution in [2.75, 3.05) is 0 Å². The van der Waals surface area contributed by atoms with Gasteiger partial charge in [0.25, 0.3) is 0 Å². The molecule has 0 saturated heterocycles. The highest BCUT2D eigenvalue weighted by Gasteiger charge is 2.39. The Labute approximate surface area is 139 Å². The molecule has 0 N–H and O–H groups in total. The molecule has 2 aromatic rings. The van der Waals surface area contributed by atoms with Crippen LogP contribution < -0.4 is 0 Å². The lowest BCUT2D eigenvalue weighted by molar-refractivity contribution is -0.138. The summed E-state index contributed by atoms with van der Waals surface area (Å²) in [5.41, 5.74) is -1.44. The van der Waals surface area contributed by atoms with E-state index < -0.39 is 40.8 Å². The summed E-state index contributed by atoms with van der Waals surface area (Å²) in [6.07, 6.45) is -1.62. The van der Waals surface area contributed by atoms with Crippen LogP contribution in [0.4, 0.5) is 13.2 Å². The van der Waals surface area contributed by atoms with E-state index in [1.165, 1.54) is 18.5 Å². The Hall–Kier alpha value is -2.84. The fraction of sp³-hybridized carbons (Fsp3) is 0.312. The van der Waals surface area contributed by atoms with Crippen molar-refractivity contribution in [3.05, 3.63) is 41.9 Å². The van der Waals surface area contributed by atoms with Gasteiger partial charge in [-0.15, -0.1) is 0 Å². The number of carbonyl (C=O) groups is 3. The molecule has 1 aliphatic rings. The van der Waals surface area contributed by atoms with E-state index >= 15 is 0 Å². The maximum Gasteiger partial charge on any atom is 0.420 e. The van der Waals surface area contributed by atoms with Gasteiger partial charge in [-0.3, -0.25) is 14.4 Å². The topological polar surface area (TPSA) is 81.9 Å². The zero-order valence-electron chi connectivity index (χ0n) is 12.8. The standard InChI is InChI=1S/C16H12F3N3O3/c17-16(18,19)9-5-6-10(21-15(9)22-8-2-7-20-22)14(25)13-11(23)3-1-4-12(13)24/h2,5-8,13H,1,3-4H2. The van der Waals surface area contributed by atoms with Crippen LogP contribution >= 0.6 is 0 Å². The van der Waals surface area contributed by atoms with Crippen LogP contribution in [0.15, 0.2) is 30.6 Å². The molecule has 0 aliphatic heterocycles. The molecule has 1 saturated carbocycles. The Morgan fingerprint density at radius 1 is 1.16 bits per heavy atom. The molecule has 6 nitrogen and oxygen atoms in total. The summed E-state index contributed by atoms with van der Waals surface area (Å²) in [6, 6.07) is 2.99. The molecule has 0 atom stereocenters. The summed E-state index contributed by atoms with van der Waals surface area (Å²) < 4.78 is 40.4. The number of aromatic nitrogens is 3. The van der Waals surface area contributed by atoms with E-state index in [1.807, 2.05) is 0 Å². The van der Waals surface area contributed by atoms with E-state index in [-0.39, 0.29) is 18.5 Å². The summed E-state index contributed by atoms with van der Waals surface area (Å²) in [7, 11) is 0. The third-order valence-corrected chi connectivity index (χ3v) is 3.91. The first kappa shape index (κ1) is 17.0. The number of rotatable bonds is 3. The summed E-state index contributed by atoms with van der Waals surface area (Å²) in [4.78, 5) is 40.0. The van der Waals surface area contributed by atoms with Crippen molar-refractivity contribution in [1.82, 2.24) is 14.8 Å². The van der Waals surface area contributed by atoms with Gasteiger partial charge in [0.05, 0.1) is 0 Å². The van der Waals surface area contributed by atoms with E-state index in [0.717, 1.165) is 10.7 Å². The highest BCUT2D eigenvalue weighted by molar-refractivity contribution is 6.24. The molecule has 0 amide bonds. The summed E-state index contributed by atoms with van der Waals surface area (Å²) in [5.74, 6) is -3.99. The monoisotopic (exact) mass is 351 g/mol. The van der Waals surface area contributed by atoms with Gasteiger partial charge in [-0.25, -0.2) is 9.67 Å². The molecule has 0 unspecified atom stereocenters. The highest BCUT2D eigenvalue weighted by atomic mass is 19.4. The zero-order valence-corrected chi connectivity index (χ0v) is 12.8. The molecule has 2 heterocycles. The van der Waals surface area contributed by atoms with E-state index in [4.69, 9.17) is 0 Å². The first-order valence-electron chi connectivity index (χ1n) is 7.47. The van der Waals surface area contributed by atoms with Crippen molar-refractivity contribution in [2.24, 2.45) is 5.92 Å². The lowest BCUT2D eigenvalue weighted by atomic mass is 9.83. The fourth-order valence-electron chi connectivity index (χ4n) is 2.72. The minimum Gasteiger partial charge on any atom is -0.298 e. The van der Waals surface area contributed by atoms with Gasteiger partial charge in [0.2, 0.25) is 0 Å². The predicted octanol–water partition coefficient (Wildman–Crippen LogP) is 2.41. The number of halogens is 3. The number of hydrogen-bond donors (Lipinski definition) is 0. The highest BCUT2D eigenvalue weighted by Crippen LogP contribution is 2.33. The molecule has 1 aliphatic carbocycles. The van der Waals surface area contributed by atoms with Crippen molar-refractivity contribution >= 4 is 17.3 Å². The molecule has 130 valence electrons. The lowest BCUT2D eigenvalue weighted by Crippen LogP contribution is -2.35. The Kier molecular flexibility index (Phi) is 4.23. The minimum atomic E-state index is -4.70. The van der Waals surface area contributed by atoms with Gasteiger partial charge >= 0.3 is 6.18 Å². The van der Waals surface area contributed by atoms with Gasteiger partial charge in [-0.05, 0) is 24.6 Å². The molecule has 3 rings (SSSR count). The number of carbonyl (C=O) groups excluding carboxylic acids is 3. The molecular weight excluding hydrogens is 339 g/mol. The Morgan fingerprint density at radius 2 is 1.84 bits per heavy atom. The van der Waals surface area contributed by atoms with Crippen molar-refractivity contribution < 1.29 is 27.6 Å². The molecule has 0 spiro atoms. The molecule has 0 aromatic carbocycles.